The molecule has 0 saturated heterocycles. The Bertz CT molecular complexity index is 1370. The number of ether oxygens (including phenoxy) is 4. The Kier molecular flexibility index (Phi) is 9.27. The highest BCUT2D eigenvalue weighted by Gasteiger charge is 2.30. The molecule has 210 valence electrons. The predicted octanol–water partition coefficient (Wildman–Crippen LogP) is 6.67. The van der Waals surface area contributed by atoms with Crippen LogP contribution in [-0.4, -0.2) is 44.0 Å². The summed E-state index contributed by atoms with van der Waals surface area (Å²) >= 11 is 1.23. The number of ketones is 1. The van der Waals surface area contributed by atoms with Crippen LogP contribution >= 0.6 is 11.3 Å². The molecule has 0 aliphatic carbocycles. The Balaban J connectivity index is 1.41. The van der Waals surface area contributed by atoms with E-state index in [0.29, 0.717) is 58.3 Å². The molecule has 1 amide bonds. The first-order valence-corrected chi connectivity index (χ1v) is 13.9. The summed E-state index contributed by atoms with van der Waals surface area (Å²) in [5, 5.41) is 0.308. The molecule has 1 aliphatic rings. The number of Topliss-reactive ketones (excluding diaryl/α,β-unsaturated/α-hetero) is 1. The molecule has 4 rings (SSSR count). The van der Waals surface area contributed by atoms with Gasteiger partial charge in [-0.1, -0.05) is 13.8 Å². The van der Waals surface area contributed by atoms with Gasteiger partial charge in [0.15, 0.2) is 40.4 Å². The largest absolute Gasteiger partial charge is 0.493 e. The number of methoxy groups -OCH3 is 2. The van der Waals surface area contributed by atoms with E-state index in [2.05, 4.69) is 0 Å². The van der Waals surface area contributed by atoms with E-state index >= 15 is 8.78 Å². The summed E-state index contributed by atoms with van der Waals surface area (Å²) in [4.78, 5) is 26.7. The second kappa shape index (κ2) is 12.6. The lowest BCUT2D eigenvalue weighted by molar-refractivity contribution is -0.131. The monoisotopic (exact) mass is 561 g/mol. The van der Waals surface area contributed by atoms with Gasteiger partial charge >= 0.3 is 0 Å². The van der Waals surface area contributed by atoms with Crippen LogP contribution < -0.4 is 18.9 Å². The number of rotatable bonds is 13. The third-order valence-electron chi connectivity index (χ3n) is 6.56. The maximum atomic E-state index is 15.4. The standard InChI is InChI=1S/C29H33F2NO6S/c1-5-8-20(33)24-13-18-23(39-24)14-22(36-4)29(26(18)30)38-11-7-10-37-28-21(35-3)12-17-15-32(25(34)9-6-2)16-19(17)27(28)31/h12-14H,5-11,15-16H2,1-4H3. The number of amides is 1. The highest BCUT2D eigenvalue weighted by Crippen LogP contribution is 2.41. The van der Waals surface area contributed by atoms with Gasteiger partial charge in [0.1, 0.15) is 0 Å². The zero-order chi connectivity index (χ0) is 28.1. The number of halogens is 2. The molecule has 39 heavy (non-hydrogen) atoms. The smallest absolute Gasteiger partial charge is 0.223 e. The quantitative estimate of drug-likeness (QED) is 0.171. The molecule has 0 atom stereocenters. The van der Waals surface area contributed by atoms with Crippen molar-refractivity contribution in [2.24, 2.45) is 0 Å². The Morgan fingerprint density at radius 3 is 2.18 bits per heavy atom. The molecule has 1 aliphatic heterocycles. The molecule has 0 bridgehead atoms. The average molecular weight is 562 g/mol. The second-order valence-electron chi connectivity index (χ2n) is 9.33. The molecule has 3 aromatic rings. The fourth-order valence-electron chi connectivity index (χ4n) is 4.58. The van der Waals surface area contributed by atoms with Crippen molar-refractivity contribution in [3.05, 3.63) is 45.8 Å². The van der Waals surface area contributed by atoms with Crippen molar-refractivity contribution in [1.82, 2.24) is 4.90 Å². The topological polar surface area (TPSA) is 74.3 Å². The zero-order valence-corrected chi connectivity index (χ0v) is 23.5. The Morgan fingerprint density at radius 1 is 0.897 bits per heavy atom. The molecular formula is C29H33F2NO6S. The first kappa shape index (κ1) is 28.6. The van der Waals surface area contributed by atoms with Gasteiger partial charge in [0.05, 0.1) is 32.3 Å². The van der Waals surface area contributed by atoms with E-state index in [1.807, 2.05) is 13.8 Å². The van der Waals surface area contributed by atoms with Crippen LogP contribution in [0.5, 0.6) is 23.0 Å². The molecule has 0 saturated carbocycles. The molecule has 7 nitrogen and oxygen atoms in total. The minimum atomic E-state index is -0.592. The third kappa shape index (κ3) is 5.95. The minimum Gasteiger partial charge on any atom is -0.493 e. The number of thiophene rings is 1. The molecule has 1 aromatic heterocycles. The van der Waals surface area contributed by atoms with Gasteiger partial charge in [-0.2, -0.15) is 0 Å². The van der Waals surface area contributed by atoms with Gasteiger partial charge in [-0.05, 0) is 30.5 Å². The van der Waals surface area contributed by atoms with Crippen LogP contribution in [0.3, 0.4) is 0 Å². The summed E-state index contributed by atoms with van der Waals surface area (Å²) in [5.41, 5.74) is 1.13. The normalized spacial score (nSPS) is 12.5. The maximum absolute atomic E-state index is 15.4. The highest BCUT2D eigenvalue weighted by atomic mass is 32.1. The molecule has 0 fully saturated rings. The summed E-state index contributed by atoms with van der Waals surface area (Å²) in [6.07, 6.45) is 2.59. The van der Waals surface area contributed by atoms with E-state index in [1.54, 1.807) is 23.1 Å². The Hall–Kier alpha value is -3.40. The molecule has 0 spiro atoms. The number of carbonyl (C=O) groups is 2. The van der Waals surface area contributed by atoms with Gasteiger partial charge in [0, 0.05) is 54.1 Å². The van der Waals surface area contributed by atoms with Gasteiger partial charge in [-0.3, -0.25) is 9.59 Å². The van der Waals surface area contributed by atoms with E-state index in [0.717, 1.165) is 6.42 Å². The second-order valence-corrected chi connectivity index (χ2v) is 10.4. The Morgan fingerprint density at radius 2 is 1.54 bits per heavy atom. The van der Waals surface area contributed by atoms with E-state index in [9.17, 15) is 9.59 Å². The van der Waals surface area contributed by atoms with E-state index in [4.69, 9.17) is 18.9 Å². The van der Waals surface area contributed by atoms with Crippen LogP contribution in [0, 0.1) is 11.6 Å². The fraction of sp³-hybridized carbons (Fsp3) is 0.448. The van der Waals surface area contributed by atoms with Gasteiger partial charge < -0.3 is 23.8 Å². The molecule has 2 heterocycles. The van der Waals surface area contributed by atoms with E-state index in [-0.39, 0.29) is 54.4 Å². The van der Waals surface area contributed by atoms with Crippen LogP contribution in [0.25, 0.3) is 10.1 Å². The summed E-state index contributed by atoms with van der Waals surface area (Å²) in [7, 11) is 2.86. The zero-order valence-electron chi connectivity index (χ0n) is 22.7. The van der Waals surface area contributed by atoms with Gasteiger partial charge in [-0.15, -0.1) is 11.3 Å². The van der Waals surface area contributed by atoms with Crippen LogP contribution in [0.1, 0.15) is 66.8 Å². The van der Waals surface area contributed by atoms with Gasteiger partial charge in [0.25, 0.3) is 0 Å². The van der Waals surface area contributed by atoms with Crippen molar-refractivity contribution in [1.29, 1.82) is 0 Å². The van der Waals surface area contributed by atoms with Crippen LogP contribution in [0.2, 0.25) is 0 Å². The number of benzene rings is 2. The lowest BCUT2D eigenvalue weighted by atomic mass is 10.1. The summed E-state index contributed by atoms with van der Waals surface area (Å²) in [6.45, 7) is 4.55. The SMILES string of the molecule is CCCC(=O)c1cc2c(F)c(OCCCOc3c(OC)cc4c(c3F)CN(C(=O)CCC)C4)c(OC)cc2s1. The lowest BCUT2D eigenvalue weighted by Gasteiger charge is -2.15. The minimum absolute atomic E-state index is 0.0150. The summed E-state index contributed by atoms with van der Waals surface area (Å²) < 4.78 is 53.4. The van der Waals surface area contributed by atoms with Crippen LogP contribution in [-0.2, 0) is 17.9 Å². The molecular weight excluding hydrogens is 528 g/mol. The number of fused-ring (bicyclic) bond motifs is 2. The number of nitrogens with zero attached hydrogens (tertiary/aromatic N) is 1. The van der Waals surface area contributed by atoms with E-state index in [1.165, 1.54) is 25.6 Å². The predicted molar refractivity (Wildman–Crippen MR) is 145 cm³/mol. The summed E-state index contributed by atoms with van der Waals surface area (Å²) in [6, 6.07) is 4.93. The first-order chi connectivity index (χ1) is 18.8. The molecule has 0 N–H and O–H groups in total. The van der Waals surface area contributed by atoms with Crippen molar-refractivity contribution >= 4 is 33.1 Å². The van der Waals surface area contributed by atoms with E-state index < -0.39 is 11.6 Å². The molecule has 10 heteroatoms. The van der Waals surface area contributed by atoms with Gasteiger partial charge in [0.2, 0.25) is 5.91 Å². The molecule has 0 unspecified atom stereocenters. The van der Waals surface area contributed by atoms with Crippen molar-refractivity contribution in [3.63, 3.8) is 0 Å². The van der Waals surface area contributed by atoms with Crippen molar-refractivity contribution in [2.75, 3.05) is 27.4 Å². The summed E-state index contributed by atoms with van der Waals surface area (Å²) in [5.74, 6) is -0.757. The lowest BCUT2D eigenvalue weighted by Crippen LogP contribution is -2.24. The fourth-order valence-corrected chi connectivity index (χ4v) is 5.63. The maximum Gasteiger partial charge on any atom is 0.223 e. The van der Waals surface area contributed by atoms with Gasteiger partial charge in [-0.25, -0.2) is 8.78 Å². The van der Waals surface area contributed by atoms with Crippen LogP contribution in [0.4, 0.5) is 8.78 Å². The highest BCUT2D eigenvalue weighted by molar-refractivity contribution is 7.20. The number of hydrogen-bond acceptors (Lipinski definition) is 7. The molecule has 2 aromatic carbocycles. The first-order valence-electron chi connectivity index (χ1n) is 13.1. The number of hydrogen-bond donors (Lipinski definition) is 0. The van der Waals surface area contributed by atoms with Crippen molar-refractivity contribution in [2.45, 2.75) is 59.0 Å². The molecule has 0 radical (unpaired) electrons. The Labute approximate surface area is 230 Å². The van der Waals surface area contributed by atoms with Crippen LogP contribution in [0.15, 0.2) is 18.2 Å². The van der Waals surface area contributed by atoms with Crippen molar-refractivity contribution < 1.29 is 37.3 Å². The van der Waals surface area contributed by atoms with Crippen molar-refractivity contribution in [3.8, 4) is 23.0 Å². The number of carbonyl (C=O) groups excluding carboxylic acids is 2. The average Bonchev–Trinajstić information content (AvgIpc) is 3.56. The third-order valence-corrected chi connectivity index (χ3v) is 7.69.